The third-order valence-electron chi connectivity index (χ3n) is 3.95. The van der Waals surface area contributed by atoms with Crippen molar-refractivity contribution >= 4 is 29.0 Å². The lowest BCUT2D eigenvalue weighted by atomic mass is 10.1. The maximum atomic E-state index is 13.6. The zero-order valence-corrected chi connectivity index (χ0v) is 15.3. The first-order valence-electron chi connectivity index (χ1n) is 8.63. The van der Waals surface area contributed by atoms with E-state index in [1.165, 1.54) is 48.5 Å². The molecule has 0 aliphatic heterocycles. The topological polar surface area (TPSA) is 70.2 Å². The summed E-state index contributed by atoms with van der Waals surface area (Å²) >= 11 is 0. The monoisotopic (exact) mass is 417 g/mol. The predicted molar refractivity (Wildman–Crippen MR) is 105 cm³/mol. The minimum atomic E-state index is -4.56. The highest BCUT2D eigenvalue weighted by molar-refractivity contribution is 6.05. The number of anilines is 3. The van der Waals surface area contributed by atoms with E-state index < -0.39 is 29.5 Å². The van der Waals surface area contributed by atoms with E-state index >= 15 is 0 Å². The third kappa shape index (κ3) is 5.34. The Labute approximate surface area is 168 Å². The van der Waals surface area contributed by atoms with Crippen LogP contribution in [-0.4, -0.2) is 11.9 Å². The first-order valence-corrected chi connectivity index (χ1v) is 8.63. The van der Waals surface area contributed by atoms with Crippen LogP contribution in [0.5, 0.6) is 0 Å². The molecule has 5 nitrogen and oxygen atoms in total. The summed E-state index contributed by atoms with van der Waals surface area (Å²) in [5.41, 5.74) is -0.577. The summed E-state index contributed by atoms with van der Waals surface area (Å²) in [6.07, 6.45) is -4.56. The molecule has 0 atom stereocenters. The maximum Gasteiger partial charge on any atom is 0.416 e. The number of hydrogen-bond donors (Lipinski definition) is 3. The number of hydrogen-bond acceptors (Lipinski definition) is 2. The summed E-state index contributed by atoms with van der Waals surface area (Å²) in [5.74, 6) is -1.34. The molecule has 0 fully saturated rings. The summed E-state index contributed by atoms with van der Waals surface area (Å²) in [6, 6.07) is 14.9. The number of halogens is 4. The van der Waals surface area contributed by atoms with E-state index in [1.54, 1.807) is 6.07 Å². The van der Waals surface area contributed by atoms with Crippen molar-refractivity contribution in [1.29, 1.82) is 0 Å². The predicted octanol–water partition coefficient (Wildman–Crippen LogP) is 5.74. The van der Waals surface area contributed by atoms with Gasteiger partial charge < -0.3 is 16.0 Å². The second-order valence-electron chi connectivity index (χ2n) is 6.17. The molecule has 30 heavy (non-hydrogen) atoms. The number of benzene rings is 3. The van der Waals surface area contributed by atoms with Gasteiger partial charge >= 0.3 is 12.2 Å². The number of urea groups is 1. The van der Waals surface area contributed by atoms with Gasteiger partial charge in [-0.15, -0.1) is 0 Å². The highest BCUT2D eigenvalue weighted by Crippen LogP contribution is 2.29. The van der Waals surface area contributed by atoms with Crippen molar-refractivity contribution < 1.29 is 27.2 Å². The van der Waals surface area contributed by atoms with Crippen molar-refractivity contribution in [3.8, 4) is 0 Å². The molecule has 3 amide bonds. The largest absolute Gasteiger partial charge is 0.416 e. The van der Waals surface area contributed by atoms with Crippen molar-refractivity contribution in [2.75, 3.05) is 16.0 Å². The van der Waals surface area contributed by atoms with E-state index in [-0.39, 0.29) is 22.6 Å². The number of alkyl halides is 3. The standard InChI is InChI=1S/C21H15F4N3O2/c22-17-9-1-2-10-18(17)28-20(30)27-16-8-4-7-15(12-16)26-19(29)13-5-3-6-14(11-13)21(23,24)25/h1-12H,(H,26,29)(H2,27,28,30). The third-order valence-corrected chi connectivity index (χ3v) is 3.95. The highest BCUT2D eigenvalue weighted by Gasteiger charge is 2.30. The fraction of sp³-hybridized carbons (Fsp3) is 0.0476. The Morgan fingerprint density at radius 3 is 2.10 bits per heavy atom. The summed E-state index contributed by atoms with van der Waals surface area (Å²) < 4.78 is 52.0. The van der Waals surface area contributed by atoms with Gasteiger partial charge in [-0.3, -0.25) is 4.79 Å². The van der Waals surface area contributed by atoms with Crippen LogP contribution in [0.15, 0.2) is 72.8 Å². The second kappa shape index (κ2) is 8.64. The van der Waals surface area contributed by atoms with Crippen molar-refractivity contribution in [1.82, 2.24) is 0 Å². The van der Waals surface area contributed by atoms with Crippen molar-refractivity contribution in [2.24, 2.45) is 0 Å². The molecule has 0 unspecified atom stereocenters. The van der Waals surface area contributed by atoms with Crippen molar-refractivity contribution in [3.05, 3.63) is 89.7 Å². The molecular weight excluding hydrogens is 402 g/mol. The Bertz CT molecular complexity index is 1080. The molecule has 154 valence electrons. The van der Waals surface area contributed by atoms with E-state index in [2.05, 4.69) is 16.0 Å². The van der Waals surface area contributed by atoms with E-state index in [9.17, 15) is 27.2 Å². The highest BCUT2D eigenvalue weighted by atomic mass is 19.4. The van der Waals surface area contributed by atoms with Gasteiger partial charge in [0.05, 0.1) is 11.3 Å². The van der Waals surface area contributed by atoms with Crippen molar-refractivity contribution in [3.63, 3.8) is 0 Å². The van der Waals surface area contributed by atoms with Gasteiger partial charge in [0.2, 0.25) is 0 Å². The van der Waals surface area contributed by atoms with Crippen molar-refractivity contribution in [2.45, 2.75) is 6.18 Å². The average Bonchev–Trinajstić information content (AvgIpc) is 2.69. The Morgan fingerprint density at radius 2 is 1.40 bits per heavy atom. The van der Waals surface area contributed by atoms with Crippen LogP contribution < -0.4 is 16.0 Å². The molecule has 9 heteroatoms. The van der Waals surface area contributed by atoms with E-state index in [1.807, 2.05) is 0 Å². The normalized spacial score (nSPS) is 10.9. The number of nitrogens with one attached hydrogen (secondary N) is 3. The zero-order valence-electron chi connectivity index (χ0n) is 15.3. The Balaban J connectivity index is 1.67. The lowest BCUT2D eigenvalue weighted by molar-refractivity contribution is -0.137. The van der Waals surface area contributed by atoms with Crippen LogP contribution >= 0.6 is 0 Å². The molecule has 0 saturated carbocycles. The Kier molecular flexibility index (Phi) is 6.01. The van der Waals surface area contributed by atoms with Crippen LogP contribution in [0.25, 0.3) is 0 Å². The number of carbonyl (C=O) groups excluding carboxylic acids is 2. The van der Waals surface area contributed by atoms with E-state index in [0.717, 1.165) is 18.2 Å². The molecule has 3 rings (SSSR count). The quantitative estimate of drug-likeness (QED) is 0.474. The lowest BCUT2D eigenvalue weighted by Crippen LogP contribution is -2.20. The molecule has 3 N–H and O–H groups in total. The number of para-hydroxylation sites is 1. The molecule has 0 bridgehead atoms. The molecule has 0 spiro atoms. The van der Waals surface area contributed by atoms with Gasteiger partial charge in [-0.1, -0.05) is 24.3 Å². The minimum Gasteiger partial charge on any atom is -0.322 e. The van der Waals surface area contributed by atoms with Gasteiger partial charge in [-0.2, -0.15) is 13.2 Å². The number of rotatable bonds is 4. The molecule has 0 aliphatic carbocycles. The molecule has 0 heterocycles. The van der Waals surface area contributed by atoms with Crippen LogP contribution in [0.3, 0.4) is 0 Å². The van der Waals surface area contributed by atoms with Gasteiger partial charge in [0.1, 0.15) is 5.82 Å². The molecule has 0 aliphatic rings. The summed E-state index contributed by atoms with van der Waals surface area (Å²) in [5, 5.41) is 7.30. The van der Waals surface area contributed by atoms with Gasteiger partial charge in [0.25, 0.3) is 5.91 Å². The Hall–Kier alpha value is -3.88. The summed E-state index contributed by atoms with van der Waals surface area (Å²) in [4.78, 5) is 24.3. The van der Waals surface area contributed by atoms with E-state index in [0.29, 0.717) is 0 Å². The van der Waals surface area contributed by atoms with Crippen LogP contribution in [0.1, 0.15) is 15.9 Å². The SMILES string of the molecule is O=C(Nc1cccc(NC(=O)c2cccc(C(F)(F)F)c2)c1)Nc1ccccc1F. The molecule has 0 aromatic heterocycles. The smallest absolute Gasteiger partial charge is 0.322 e. The molecule has 3 aromatic rings. The fourth-order valence-corrected chi connectivity index (χ4v) is 2.56. The molecule has 0 radical (unpaired) electrons. The minimum absolute atomic E-state index is 0.0102. The van der Waals surface area contributed by atoms with Crippen LogP contribution in [0.4, 0.5) is 39.4 Å². The molecular formula is C21H15F4N3O2. The summed E-state index contributed by atoms with van der Waals surface area (Å²) in [7, 11) is 0. The zero-order chi connectivity index (χ0) is 21.7. The average molecular weight is 417 g/mol. The first kappa shape index (κ1) is 20.8. The van der Waals surface area contributed by atoms with Crippen LogP contribution in [0, 0.1) is 5.82 Å². The molecule has 3 aromatic carbocycles. The van der Waals surface area contributed by atoms with Gasteiger partial charge in [-0.25, -0.2) is 9.18 Å². The number of amides is 3. The number of carbonyl (C=O) groups is 2. The fourth-order valence-electron chi connectivity index (χ4n) is 2.56. The van der Waals surface area contributed by atoms with Gasteiger partial charge in [-0.05, 0) is 48.5 Å². The van der Waals surface area contributed by atoms with Gasteiger partial charge in [0, 0.05) is 16.9 Å². The first-order chi connectivity index (χ1) is 14.2. The Morgan fingerprint density at radius 1 is 0.733 bits per heavy atom. The van der Waals surface area contributed by atoms with Gasteiger partial charge in [0.15, 0.2) is 0 Å². The lowest BCUT2D eigenvalue weighted by Gasteiger charge is -2.11. The maximum absolute atomic E-state index is 13.6. The molecule has 0 saturated heterocycles. The summed E-state index contributed by atoms with van der Waals surface area (Å²) in [6.45, 7) is 0. The van der Waals surface area contributed by atoms with Crippen LogP contribution in [-0.2, 0) is 6.18 Å². The van der Waals surface area contributed by atoms with Crippen LogP contribution in [0.2, 0.25) is 0 Å². The second-order valence-corrected chi connectivity index (χ2v) is 6.17. The van der Waals surface area contributed by atoms with E-state index in [4.69, 9.17) is 0 Å².